The van der Waals surface area contributed by atoms with Gasteiger partial charge in [0.25, 0.3) is 15.9 Å². The molecule has 33 heavy (non-hydrogen) atoms. The average Bonchev–Trinajstić information content (AvgIpc) is 3.38. The Morgan fingerprint density at radius 3 is 2.42 bits per heavy atom. The lowest BCUT2D eigenvalue weighted by Crippen LogP contribution is -3.16. The zero-order valence-electron chi connectivity index (χ0n) is 18.4. The molecule has 1 aliphatic rings. The van der Waals surface area contributed by atoms with E-state index in [9.17, 15) is 13.2 Å². The summed E-state index contributed by atoms with van der Waals surface area (Å²) >= 11 is 1.23. The quantitative estimate of drug-likeness (QED) is 0.513. The summed E-state index contributed by atoms with van der Waals surface area (Å²) in [5.74, 6) is 0.486. The molecule has 1 fully saturated rings. The second kappa shape index (κ2) is 10.5. The average molecular weight is 487 g/mol. The molecule has 9 heteroatoms. The maximum Gasteiger partial charge on any atom is 0.287 e. The predicted molar refractivity (Wildman–Crippen MR) is 129 cm³/mol. The highest BCUT2D eigenvalue weighted by molar-refractivity contribution is 7.91. The third kappa shape index (κ3) is 5.27. The molecule has 3 aromatic rings. The summed E-state index contributed by atoms with van der Waals surface area (Å²) in [7, 11) is -3.49. The molecule has 0 spiro atoms. The number of carbonyl (C=O) groups is 1. The van der Waals surface area contributed by atoms with Gasteiger partial charge in [0.05, 0.1) is 38.5 Å². The van der Waals surface area contributed by atoms with Crippen LogP contribution >= 0.6 is 11.3 Å². The highest BCUT2D eigenvalue weighted by atomic mass is 32.2. The number of ether oxygens (including phenoxy) is 1. The van der Waals surface area contributed by atoms with Gasteiger partial charge in [-0.2, -0.15) is 4.31 Å². The van der Waals surface area contributed by atoms with Crippen molar-refractivity contribution in [2.75, 3.05) is 38.1 Å². The molecule has 0 saturated carbocycles. The number of thiophene rings is 1. The molecule has 0 radical (unpaired) electrons. The third-order valence-electron chi connectivity index (χ3n) is 5.70. The first-order chi connectivity index (χ1) is 16.0. The van der Waals surface area contributed by atoms with Crippen LogP contribution in [-0.2, 0) is 14.8 Å². The first kappa shape index (κ1) is 23.4. The van der Waals surface area contributed by atoms with E-state index in [-0.39, 0.29) is 5.91 Å². The van der Waals surface area contributed by atoms with Crippen LogP contribution in [0.4, 0.5) is 5.69 Å². The number of nitrogens with one attached hydrogen (secondary N) is 2. The van der Waals surface area contributed by atoms with Crippen LogP contribution in [0.2, 0.25) is 0 Å². The zero-order chi connectivity index (χ0) is 23.3. The fraction of sp³-hybridized carbons (Fsp3) is 0.292. The summed E-state index contributed by atoms with van der Waals surface area (Å²) in [6.45, 7) is 4.19. The Morgan fingerprint density at radius 2 is 1.76 bits per heavy atom. The molecule has 0 bridgehead atoms. The van der Waals surface area contributed by atoms with Gasteiger partial charge < -0.3 is 15.0 Å². The molecule has 174 valence electrons. The zero-order valence-corrected chi connectivity index (χ0v) is 20.1. The Labute approximate surface area is 198 Å². The van der Waals surface area contributed by atoms with Crippen LogP contribution in [0.3, 0.4) is 0 Å². The lowest BCUT2D eigenvalue weighted by Gasteiger charge is -2.35. The van der Waals surface area contributed by atoms with Crippen molar-refractivity contribution in [2.24, 2.45) is 0 Å². The van der Waals surface area contributed by atoms with Gasteiger partial charge in [-0.05, 0) is 30.5 Å². The van der Waals surface area contributed by atoms with Crippen molar-refractivity contribution in [1.29, 1.82) is 0 Å². The number of rotatable bonds is 8. The van der Waals surface area contributed by atoms with Crippen molar-refractivity contribution >= 4 is 33.0 Å². The van der Waals surface area contributed by atoms with Gasteiger partial charge in [-0.25, -0.2) is 8.42 Å². The van der Waals surface area contributed by atoms with Crippen LogP contribution in [0.5, 0.6) is 5.75 Å². The molecule has 0 aliphatic carbocycles. The Hall–Kier alpha value is -2.72. The molecular formula is C24H28N3O4S2+. The number of sulfonamides is 1. The largest absolute Gasteiger partial charge is 0.492 e. The Balaban J connectivity index is 1.54. The van der Waals surface area contributed by atoms with Crippen LogP contribution in [0.15, 0.2) is 76.3 Å². The van der Waals surface area contributed by atoms with E-state index < -0.39 is 16.1 Å². The second-order valence-corrected chi connectivity index (χ2v) is 10.9. The Morgan fingerprint density at radius 1 is 1.06 bits per heavy atom. The van der Waals surface area contributed by atoms with E-state index in [0.717, 1.165) is 10.5 Å². The molecule has 2 N–H and O–H groups in total. The van der Waals surface area contributed by atoms with Crippen molar-refractivity contribution < 1.29 is 22.8 Å². The summed E-state index contributed by atoms with van der Waals surface area (Å²) < 4.78 is 33.3. The number of hydrogen-bond acceptors (Lipinski definition) is 5. The van der Waals surface area contributed by atoms with Gasteiger partial charge in [-0.1, -0.05) is 48.5 Å². The van der Waals surface area contributed by atoms with E-state index in [4.69, 9.17) is 4.74 Å². The molecule has 1 aliphatic heterocycles. The summed E-state index contributed by atoms with van der Waals surface area (Å²) in [5, 5.41) is 4.81. The van der Waals surface area contributed by atoms with Crippen molar-refractivity contribution in [3.8, 4) is 5.75 Å². The highest BCUT2D eigenvalue weighted by Crippen LogP contribution is 2.25. The molecule has 1 aromatic heterocycles. The van der Waals surface area contributed by atoms with E-state index in [0.29, 0.717) is 48.4 Å². The molecule has 1 atom stereocenters. The normalized spacial score (nSPS) is 16.3. The van der Waals surface area contributed by atoms with Crippen molar-refractivity contribution in [2.45, 2.75) is 17.2 Å². The van der Waals surface area contributed by atoms with Gasteiger partial charge in [0.1, 0.15) is 9.96 Å². The number of nitrogens with zero attached hydrogens (tertiary/aromatic N) is 1. The van der Waals surface area contributed by atoms with Gasteiger partial charge in [0.15, 0.2) is 6.04 Å². The number of piperazine rings is 1. The number of benzene rings is 2. The summed E-state index contributed by atoms with van der Waals surface area (Å²) in [6.07, 6.45) is 0. The minimum atomic E-state index is -3.49. The van der Waals surface area contributed by atoms with Gasteiger partial charge in [0.2, 0.25) is 0 Å². The molecule has 1 amide bonds. The van der Waals surface area contributed by atoms with E-state index in [1.165, 1.54) is 15.6 Å². The number of amides is 1. The fourth-order valence-electron chi connectivity index (χ4n) is 4.11. The van der Waals surface area contributed by atoms with E-state index in [1.54, 1.807) is 17.5 Å². The predicted octanol–water partition coefficient (Wildman–Crippen LogP) is 2.42. The van der Waals surface area contributed by atoms with Crippen molar-refractivity contribution in [3.63, 3.8) is 0 Å². The highest BCUT2D eigenvalue weighted by Gasteiger charge is 2.38. The molecule has 0 unspecified atom stereocenters. The van der Waals surface area contributed by atoms with Gasteiger partial charge in [0, 0.05) is 5.56 Å². The number of hydrogen-bond donors (Lipinski definition) is 2. The Kier molecular flexibility index (Phi) is 7.44. The van der Waals surface area contributed by atoms with Crippen LogP contribution in [0.25, 0.3) is 0 Å². The molecule has 2 heterocycles. The Bertz CT molecular complexity index is 1160. The number of para-hydroxylation sites is 2. The van der Waals surface area contributed by atoms with Crippen LogP contribution in [0.1, 0.15) is 18.5 Å². The second-order valence-electron chi connectivity index (χ2n) is 7.76. The van der Waals surface area contributed by atoms with Gasteiger partial charge in [-0.15, -0.1) is 11.3 Å². The van der Waals surface area contributed by atoms with Crippen LogP contribution < -0.4 is 15.0 Å². The maximum atomic E-state index is 13.5. The maximum absolute atomic E-state index is 13.5. The monoisotopic (exact) mass is 486 g/mol. The van der Waals surface area contributed by atoms with Crippen molar-refractivity contribution in [3.05, 3.63) is 77.7 Å². The lowest BCUT2D eigenvalue weighted by molar-refractivity contribution is -0.925. The standard InChI is InChI=1S/C24H27N3O4S2/c1-2-31-21-12-7-6-11-20(21)25-24(28)23(19-9-4-3-5-10-19)26-14-16-27(17-15-26)33(29,30)22-13-8-18-32-22/h3-13,18,23H,2,14-17H2,1H3,(H,25,28)/p+1/t23-/m1/s1. The van der Waals surface area contributed by atoms with Crippen LogP contribution in [0, 0.1) is 0 Å². The number of quaternary nitrogens is 1. The molecular weight excluding hydrogens is 458 g/mol. The lowest BCUT2D eigenvalue weighted by atomic mass is 10.0. The molecule has 1 saturated heterocycles. The SMILES string of the molecule is CCOc1ccccc1NC(=O)[C@@H](c1ccccc1)[NH+]1CCN(S(=O)(=O)c2cccs2)CC1. The van der Waals surface area contributed by atoms with E-state index >= 15 is 0 Å². The minimum Gasteiger partial charge on any atom is -0.492 e. The van der Waals surface area contributed by atoms with E-state index in [2.05, 4.69) is 5.32 Å². The minimum absolute atomic E-state index is 0.141. The first-order valence-corrected chi connectivity index (χ1v) is 13.3. The number of carbonyl (C=O) groups excluding carboxylic acids is 1. The summed E-state index contributed by atoms with van der Waals surface area (Å²) in [5.41, 5.74) is 1.53. The van der Waals surface area contributed by atoms with E-state index in [1.807, 2.05) is 61.5 Å². The molecule has 4 rings (SSSR count). The third-order valence-corrected chi connectivity index (χ3v) is 8.97. The van der Waals surface area contributed by atoms with Gasteiger partial charge >= 0.3 is 0 Å². The summed E-state index contributed by atoms with van der Waals surface area (Å²) in [6, 6.07) is 19.9. The smallest absolute Gasteiger partial charge is 0.287 e. The first-order valence-electron chi connectivity index (χ1n) is 11.0. The molecule has 2 aromatic carbocycles. The van der Waals surface area contributed by atoms with Crippen molar-refractivity contribution in [1.82, 2.24) is 4.31 Å². The van der Waals surface area contributed by atoms with Gasteiger partial charge in [-0.3, -0.25) is 4.79 Å². The number of anilines is 1. The van der Waals surface area contributed by atoms with Crippen LogP contribution in [-0.4, -0.2) is 51.4 Å². The fourth-order valence-corrected chi connectivity index (χ4v) is 6.70. The topological polar surface area (TPSA) is 80.2 Å². The summed E-state index contributed by atoms with van der Waals surface area (Å²) in [4.78, 5) is 14.5. The molecule has 7 nitrogen and oxygen atoms in total.